The molecule has 150 valence electrons. The Balaban J connectivity index is 1.61. The van der Waals surface area contributed by atoms with Crippen LogP contribution in [0, 0.1) is 0 Å². The SMILES string of the molecule is CS(=O)(=O)c1cccc(N2CCN(Cc3cccnc3)C(c3ccccc3)C2)c1. The number of pyridine rings is 1. The molecule has 1 saturated heterocycles. The standard InChI is InChI=1S/C23H25N3O2S/c1-29(27,28)22-11-5-10-21(15-22)25-13-14-26(17-19-7-6-12-24-16-19)23(18-25)20-8-3-2-4-9-20/h2-12,15-16,23H,13-14,17-18H2,1H3. The van der Waals surface area contributed by atoms with Gasteiger partial charge in [0.2, 0.25) is 0 Å². The fourth-order valence-electron chi connectivity index (χ4n) is 3.87. The third-order valence-corrected chi connectivity index (χ3v) is 6.51. The normalized spacial score (nSPS) is 18.0. The predicted octanol–water partition coefficient (Wildman–Crippen LogP) is 3.55. The van der Waals surface area contributed by atoms with Crippen LogP contribution in [0.2, 0.25) is 0 Å². The van der Waals surface area contributed by atoms with E-state index in [1.807, 2.05) is 30.5 Å². The van der Waals surface area contributed by atoms with E-state index < -0.39 is 9.84 Å². The van der Waals surface area contributed by atoms with Crippen molar-refractivity contribution in [1.29, 1.82) is 0 Å². The number of rotatable bonds is 5. The van der Waals surface area contributed by atoms with Gasteiger partial charge in [0.05, 0.1) is 10.9 Å². The van der Waals surface area contributed by atoms with E-state index in [1.165, 1.54) is 17.4 Å². The molecular formula is C23H25N3O2S. The molecule has 0 radical (unpaired) electrons. The van der Waals surface area contributed by atoms with Crippen LogP contribution in [-0.4, -0.2) is 44.2 Å². The zero-order chi connectivity index (χ0) is 20.3. The molecule has 1 atom stereocenters. The molecule has 1 aliphatic heterocycles. The van der Waals surface area contributed by atoms with Gasteiger partial charge in [0.1, 0.15) is 0 Å². The maximum Gasteiger partial charge on any atom is 0.175 e. The smallest absolute Gasteiger partial charge is 0.175 e. The van der Waals surface area contributed by atoms with Gasteiger partial charge in [-0.05, 0) is 35.4 Å². The summed E-state index contributed by atoms with van der Waals surface area (Å²) in [5.74, 6) is 0. The number of sulfone groups is 1. The van der Waals surface area contributed by atoms with E-state index in [1.54, 1.807) is 18.3 Å². The zero-order valence-electron chi connectivity index (χ0n) is 16.5. The summed E-state index contributed by atoms with van der Waals surface area (Å²) in [5.41, 5.74) is 3.41. The molecule has 29 heavy (non-hydrogen) atoms. The monoisotopic (exact) mass is 407 g/mol. The van der Waals surface area contributed by atoms with Crippen LogP contribution >= 0.6 is 0 Å². The van der Waals surface area contributed by atoms with Gasteiger partial charge in [0.15, 0.2) is 9.84 Å². The molecule has 2 aromatic carbocycles. The Morgan fingerprint density at radius 1 is 1.00 bits per heavy atom. The second-order valence-corrected chi connectivity index (χ2v) is 9.49. The second kappa shape index (κ2) is 8.35. The van der Waals surface area contributed by atoms with Crippen molar-refractivity contribution in [3.8, 4) is 0 Å². The largest absolute Gasteiger partial charge is 0.368 e. The molecule has 3 aromatic rings. The average molecular weight is 408 g/mol. The Morgan fingerprint density at radius 3 is 2.55 bits per heavy atom. The number of nitrogens with zero attached hydrogens (tertiary/aromatic N) is 3. The molecule has 4 rings (SSSR count). The Morgan fingerprint density at radius 2 is 1.83 bits per heavy atom. The van der Waals surface area contributed by atoms with Gasteiger partial charge in [0, 0.05) is 50.5 Å². The van der Waals surface area contributed by atoms with E-state index in [-0.39, 0.29) is 6.04 Å². The van der Waals surface area contributed by atoms with E-state index in [2.05, 4.69) is 45.1 Å². The van der Waals surface area contributed by atoms with Crippen LogP contribution in [0.4, 0.5) is 5.69 Å². The first-order chi connectivity index (χ1) is 14.0. The van der Waals surface area contributed by atoms with E-state index in [9.17, 15) is 8.42 Å². The summed E-state index contributed by atoms with van der Waals surface area (Å²) in [4.78, 5) is 9.37. The number of anilines is 1. The molecule has 0 bridgehead atoms. The lowest BCUT2D eigenvalue weighted by Crippen LogP contribution is -2.48. The second-order valence-electron chi connectivity index (χ2n) is 7.47. The Hall–Kier alpha value is -2.70. The summed E-state index contributed by atoms with van der Waals surface area (Å²) in [6.45, 7) is 3.37. The van der Waals surface area contributed by atoms with Crippen LogP contribution in [0.1, 0.15) is 17.2 Å². The van der Waals surface area contributed by atoms with Gasteiger partial charge < -0.3 is 4.90 Å². The first kappa shape index (κ1) is 19.6. The first-order valence-electron chi connectivity index (χ1n) is 9.74. The lowest BCUT2D eigenvalue weighted by molar-refractivity contribution is 0.169. The van der Waals surface area contributed by atoms with Crippen LogP contribution in [-0.2, 0) is 16.4 Å². The highest BCUT2D eigenvalue weighted by molar-refractivity contribution is 7.90. The Kier molecular flexibility index (Phi) is 5.65. The van der Waals surface area contributed by atoms with Gasteiger partial charge in [-0.25, -0.2) is 8.42 Å². The molecular weight excluding hydrogens is 382 g/mol. The van der Waals surface area contributed by atoms with Gasteiger partial charge in [0.25, 0.3) is 0 Å². The summed E-state index contributed by atoms with van der Waals surface area (Å²) in [7, 11) is -3.23. The number of piperazine rings is 1. The predicted molar refractivity (Wildman–Crippen MR) is 116 cm³/mol. The van der Waals surface area contributed by atoms with Crippen LogP contribution in [0.3, 0.4) is 0 Å². The molecule has 1 fully saturated rings. The van der Waals surface area contributed by atoms with Crippen LogP contribution < -0.4 is 4.90 Å². The van der Waals surface area contributed by atoms with E-state index in [0.717, 1.165) is 31.9 Å². The van der Waals surface area contributed by atoms with Gasteiger partial charge in [-0.2, -0.15) is 0 Å². The minimum atomic E-state index is -3.23. The third-order valence-electron chi connectivity index (χ3n) is 5.39. The van der Waals surface area contributed by atoms with Crippen molar-refractivity contribution < 1.29 is 8.42 Å². The quantitative estimate of drug-likeness (QED) is 0.647. The molecule has 0 amide bonds. The zero-order valence-corrected chi connectivity index (χ0v) is 17.3. The fraction of sp³-hybridized carbons (Fsp3) is 0.261. The van der Waals surface area contributed by atoms with Crippen molar-refractivity contribution in [2.24, 2.45) is 0 Å². The van der Waals surface area contributed by atoms with Crippen molar-refractivity contribution in [2.45, 2.75) is 17.5 Å². The Bertz CT molecular complexity index is 1060. The summed E-state index contributed by atoms with van der Waals surface area (Å²) < 4.78 is 24.0. The van der Waals surface area contributed by atoms with Gasteiger partial charge in [-0.3, -0.25) is 9.88 Å². The van der Waals surface area contributed by atoms with Crippen LogP contribution in [0.15, 0.2) is 84.0 Å². The highest BCUT2D eigenvalue weighted by Gasteiger charge is 2.28. The fourth-order valence-corrected chi connectivity index (χ4v) is 4.53. The number of hydrogen-bond acceptors (Lipinski definition) is 5. The van der Waals surface area contributed by atoms with E-state index in [0.29, 0.717) is 4.90 Å². The number of aromatic nitrogens is 1. The van der Waals surface area contributed by atoms with Gasteiger partial charge in [-0.15, -0.1) is 0 Å². The highest BCUT2D eigenvalue weighted by Crippen LogP contribution is 2.30. The van der Waals surface area contributed by atoms with Crippen molar-refractivity contribution in [1.82, 2.24) is 9.88 Å². The average Bonchev–Trinajstić information content (AvgIpc) is 2.75. The first-order valence-corrected chi connectivity index (χ1v) is 11.6. The summed E-state index contributed by atoms with van der Waals surface area (Å²) in [6.07, 6.45) is 4.97. The van der Waals surface area contributed by atoms with Crippen LogP contribution in [0.5, 0.6) is 0 Å². The summed E-state index contributed by atoms with van der Waals surface area (Å²) in [6, 6.07) is 22.1. The molecule has 1 aromatic heterocycles. The highest BCUT2D eigenvalue weighted by atomic mass is 32.2. The topological polar surface area (TPSA) is 53.5 Å². The molecule has 1 unspecified atom stereocenters. The maximum absolute atomic E-state index is 12.0. The Labute approximate surface area is 172 Å². The van der Waals surface area contributed by atoms with Crippen molar-refractivity contribution >= 4 is 15.5 Å². The molecule has 0 N–H and O–H groups in total. The van der Waals surface area contributed by atoms with Crippen molar-refractivity contribution in [3.63, 3.8) is 0 Å². The number of hydrogen-bond donors (Lipinski definition) is 0. The summed E-state index contributed by atoms with van der Waals surface area (Å²) >= 11 is 0. The van der Waals surface area contributed by atoms with Gasteiger partial charge in [-0.1, -0.05) is 42.5 Å². The van der Waals surface area contributed by atoms with E-state index in [4.69, 9.17) is 0 Å². The van der Waals surface area contributed by atoms with Crippen molar-refractivity contribution in [3.05, 3.63) is 90.3 Å². The minimum Gasteiger partial charge on any atom is -0.368 e. The van der Waals surface area contributed by atoms with Crippen LogP contribution in [0.25, 0.3) is 0 Å². The maximum atomic E-state index is 12.0. The summed E-state index contributed by atoms with van der Waals surface area (Å²) in [5, 5.41) is 0. The van der Waals surface area contributed by atoms with Gasteiger partial charge >= 0.3 is 0 Å². The third kappa shape index (κ3) is 4.66. The molecule has 2 heterocycles. The van der Waals surface area contributed by atoms with E-state index >= 15 is 0 Å². The molecule has 0 saturated carbocycles. The van der Waals surface area contributed by atoms with Crippen molar-refractivity contribution in [2.75, 3.05) is 30.8 Å². The molecule has 0 aliphatic carbocycles. The molecule has 6 heteroatoms. The lowest BCUT2D eigenvalue weighted by Gasteiger charge is -2.43. The lowest BCUT2D eigenvalue weighted by atomic mass is 10.0. The molecule has 5 nitrogen and oxygen atoms in total. The molecule has 1 aliphatic rings. The molecule has 0 spiro atoms. The number of benzene rings is 2. The minimum absolute atomic E-state index is 0.215.